The van der Waals surface area contributed by atoms with Gasteiger partial charge in [-0.3, -0.25) is 0 Å². The Kier molecular flexibility index (Phi) is 6.10. The SMILES string of the molecule is NCCn1nnnc1SCCCOc1ccc(Cl)cc1. The smallest absolute Gasteiger partial charge is 0.209 e. The summed E-state index contributed by atoms with van der Waals surface area (Å²) in [5.41, 5.74) is 5.48. The Morgan fingerprint density at radius 3 is 2.85 bits per heavy atom. The number of ether oxygens (including phenoxy) is 1. The number of aromatic nitrogens is 4. The Balaban J connectivity index is 1.66. The van der Waals surface area contributed by atoms with Gasteiger partial charge in [-0.15, -0.1) is 5.10 Å². The number of nitrogens with two attached hydrogens (primary N) is 1. The van der Waals surface area contributed by atoms with Crippen LogP contribution in [-0.4, -0.2) is 39.1 Å². The van der Waals surface area contributed by atoms with Crippen LogP contribution in [0, 0.1) is 0 Å². The minimum atomic E-state index is 0.526. The van der Waals surface area contributed by atoms with E-state index in [1.54, 1.807) is 16.4 Å². The van der Waals surface area contributed by atoms with Crippen molar-refractivity contribution in [3.8, 4) is 5.75 Å². The molecule has 0 radical (unpaired) electrons. The van der Waals surface area contributed by atoms with Crippen molar-refractivity contribution in [2.24, 2.45) is 5.73 Å². The lowest BCUT2D eigenvalue weighted by Crippen LogP contribution is -2.12. The molecule has 0 saturated carbocycles. The number of hydrogen-bond acceptors (Lipinski definition) is 6. The van der Waals surface area contributed by atoms with E-state index in [2.05, 4.69) is 15.5 Å². The minimum Gasteiger partial charge on any atom is -0.494 e. The van der Waals surface area contributed by atoms with Crippen LogP contribution in [0.5, 0.6) is 5.75 Å². The van der Waals surface area contributed by atoms with Crippen molar-refractivity contribution in [1.82, 2.24) is 20.2 Å². The Morgan fingerprint density at radius 2 is 2.10 bits per heavy atom. The fourth-order valence-corrected chi connectivity index (χ4v) is 2.45. The van der Waals surface area contributed by atoms with Gasteiger partial charge in [0.2, 0.25) is 5.16 Å². The van der Waals surface area contributed by atoms with Crippen molar-refractivity contribution < 1.29 is 4.74 Å². The van der Waals surface area contributed by atoms with Gasteiger partial charge in [-0.1, -0.05) is 23.4 Å². The van der Waals surface area contributed by atoms with Crippen molar-refractivity contribution in [2.45, 2.75) is 18.1 Å². The van der Waals surface area contributed by atoms with Gasteiger partial charge in [0, 0.05) is 17.3 Å². The van der Waals surface area contributed by atoms with E-state index in [9.17, 15) is 0 Å². The molecule has 0 fully saturated rings. The van der Waals surface area contributed by atoms with Gasteiger partial charge in [-0.2, -0.15) is 0 Å². The van der Waals surface area contributed by atoms with E-state index in [0.29, 0.717) is 24.7 Å². The summed E-state index contributed by atoms with van der Waals surface area (Å²) < 4.78 is 7.32. The topological polar surface area (TPSA) is 78.9 Å². The summed E-state index contributed by atoms with van der Waals surface area (Å²) in [6.07, 6.45) is 0.906. The molecule has 0 bridgehead atoms. The van der Waals surface area contributed by atoms with Crippen LogP contribution in [0.3, 0.4) is 0 Å². The molecule has 8 heteroatoms. The van der Waals surface area contributed by atoms with E-state index in [1.807, 2.05) is 24.3 Å². The van der Waals surface area contributed by atoms with E-state index >= 15 is 0 Å². The van der Waals surface area contributed by atoms with E-state index in [4.69, 9.17) is 22.1 Å². The number of benzene rings is 1. The summed E-state index contributed by atoms with van der Waals surface area (Å²) in [5, 5.41) is 13.0. The highest BCUT2D eigenvalue weighted by atomic mass is 35.5. The number of tetrazole rings is 1. The molecule has 1 aromatic heterocycles. The first-order valence-electron chi connectivity index (χ1n) is 6.27. The van der Waals surface area contributed by atoms with Gasteiger partial charge in [0.15, 0.2) is 0 Å². The zero-order valence-electron chi connectivity index (χ0n) is 10.9. The fourth-order valence-electron chi connectivity index (χ4n) is 1.51. The van der Waals surface area contributed by atoms with Crippen LogP contribution in [-0.2, 0) is 6.54 Å². The third kappa shape index (κ3) is 4.66. The first-order chi connectivity index (χ1) is 9.79. The summed E-state index contributed by atoms with van der Waals surface area (Å²) in [7, 11) is 0. The van der Waals surface area contributed by atoms with E-state index in [0.717, 1.165) is 23.1 Å². The molecule has 0 spiro atoms. The van der Waals surface area contributed by atoms with E-state index < -0.39 is 0 Å². The fraction of sp³-hybridized carbons (Fsp3) is 0.417. The molecule has 1 heterocycles. The maximum atomic E-state index is 5.80. The van der Waals surface area contributed by atoms with Crippen LogP contribution < -0.4 is 10.5 Å². The van der Waals surface area contributed by atoms with Crippen LogP contribution in [0.1, 0.15) is 6.42 Å². The zero-order valence-corrected chi connectivity index (χ0v) is 12.5. The normalized spacial score (nSPS) is 10.7. The maximum absolute atomic E-state index is 5.80. The summed E-state index contributed by atoms with van der Waals surface area (Å²) >= 11 is 7.41. The average molecular weight is 314 g/mol. The Hall–Kier alpha value is -1.31. The third-order valence-electron chi connectivity index (χ3n) is 2.44. The first kappa shape index (κ1) is 15.1. The van der Waals surface area contributed by atoms with Gasteiger partial charge < -0.3 is 10.5 Å². The van der Waals surface area contributed by atoms with Crippen LogP contribution in [0.2, 0.25) is 5.02 Å². The molecule has 0 aliphatic rings. The summed E-state index contributed by atoms with van der Waals surface area (Å²) in [4.78, 5) is 0. The number of rotatable bonds is 8. The second kappa shape index (κ2) is 8.08. The van der Waals surface area contributed by atoms with Crippen molar-refractivity contribution in [3.63, 3.8) is 0 Å². The molecule has 0 unspecified atom stereocenters. The summed E-state index contributed by atoms with van der Waals surface area (Å²) in [6, 6.07) is 7.34. The van der Waals surface area contributed by atoms with Gasteiger partial charge in [-0.05, 0) is 41.1 Å². The largest absolute Gasteiger partial charge is 0.494 e. The standard InChI is InChI=1S/C12H16ClN5OS/c13-10-2-4-11(5-3-10)19-8-1-9-20-12-15-16-17-18(12)7-6-14/h2-5H,1,6-9,14H2. The Labute approximate surface area is 126 Å². The van der Waals surface area contributed by atoms with Crippen molar-refractivity contribution >= 4 is 23.4 Å². The van der Waals surface area contributed by atoms with Crippen LogP contribution in [0.4, 0.5) is 0 Å². The molecule has 0 aliphatic heterocycles. The number of hydrogen-bond donors (Lipinski definition) is 1. The lowest BCUT2D eigenvalue weighted by molar-refractivity contribution is 0.318. The number of nitrogens with zero attached hydrogens (tertiary/aromatic N) is 4. The lowest BCUT2D eigenvalue weighted by atomic mass is 10.3. The molecule has 0 atom stereocenters. The molecular formula is C12H16ClN5OS. The molecule has 108 valence electrons. The molecule has 2 aromatic rings. The van der Waals surface area contributed by atoms with E-state index in [-0.39, 0.29) is 0 Å². The molecular weight excluding hydrogens is 298 g/mol. The summed E-state index contributed by atoms with van der Waals surface area (Å²) in [5.74, 6) is 1.71. The monoisotopic (exact) mass is 313 g/mol. The first-order valence-corrected chi connectivity index (χ1v) is 7.63. The average Bonchev–Trinajstić information content (AvgIpc) is 2.88. The van der Waals surface area contributed by atoms with Crippen molar-refractivity contribution in [2.75, 3.05) is 18.9 Å². The van der Waals surface area contributed by atoms with E-state index in [1.165, 1.54) is 0 Å². The maximum Gasteiger partial charge on any atom is 0.209 e. The quantitative estimate of drug-likeness (QED) is 0.592. The van der Waals surface area contributed by atoms with Crippen molar-refractivity contribution in [1.29, 1.82) is 0 Å². The minimum absolute atomic E-state index is 0.526. The van der Waals surface area contributed by atoms with Gasteiger partial charge >= 0.3 is 0 Å². The van der Waals surface area contributed by atoms with Crippen LogP contribution in [0.25, 0.3) is 0 Å². The number of thioether (sulfide) groups is 1. The Morgan fingerprint density at radius 1 is 1.30 bits per heavy atom. The second-order valence-electron chi connectivity index (χ2n) is 3.98. The molecule has 0 amide bonds. The molecule has 0 saturated heterocycles. The lowest BCUT2D eigenvalue weighted by Gasteiger charge is -2.06. The molecule has 0 aliphatic carbocycles. The highest BCUT2D eigenvalue weighted by Crippen LogP contribution is 2.17. The zero-order chi connectivity index (χ0) is 14.2. The Bertz CT molecular complexity index is 519. The predicted molar refractivity (Wildman–Crippen MR) is 79.2 cm³/mol. The predicted octanol–water partition coefficient (Wildman–Crippen LogP) is 1.85. The number of halogens is 1. The van der Waals surface area contributed by atoms with Crippen molar-refractivity contribution in [3.05, 3.63) is 29.3 Å². The highest BCUT2D eigenvalue weighted by Gasteiger charge is 2.05. The second-order valence-corrected chi connectivity index (χ2v) is 5.48. The molecule has 20 heavy (non-hydrogen) atoms. The van der Waals surface area contributed by atoms with Crippen LogP contribution in [0.15, 0.2) is 29.4 Å². The molecule has 2 rings (SSSR count). The van der Waals surface area contributed by atoms with Crippen LogP contribution >= 0.6 is 23.4 Å². The molecule has 1 aromatic carbocycles. The summed E-state index contributed by atoms with van der Waals surface area (Å²) in [6.45, 7) is 1.81. The van der Waals surface area contributed by atoms with Gasteiger partial charge in [0.25, 0.3) is 0 Å². The van der Waals surface area contributed by atoms with Gasteiger partial charge in [-0.25, -0.2) is 4.68 Å². The highest BCUT2D eigenvalue weighted by molar-refractivity contribution is 7.99. The van der Waals surface area contributed by atoms with Gasteiger partial charge in [0.05, 0.1) is 13.2 Å². The molecule has 2 N–H and O–H groups in total. The molecule has 6 nitrogen and oxygen atoms in total. The van der Waals surface area contributed by atoms with Gasteiger partial charge in [0.1, 0.15) is 5.75 Å². The third-order valence-corrected chi connectivity index (χ3v) is 3.74.